The number of aromatic nitrogens is 3. The van der Waals surface area contributed by atoms with Gasteiger partial charge < -0.3 is 19.5 Å². The molecule has 34 heavy (non-hydrogen) atoms. The lowest BCUT2D eigenvalue weighted by molar-refractivity contribution is 0.102. The summed E-state index contributed by atoms with van der Waals surface area (Å²) in [5.74, 6) is 0.362. The van der Waals surface area contributed by atoms with Gasteiger partial charge in [0.1, 0.15) is 18.2 Å². The SMILES string of the molecule is COCCOc1nc(-c2ccc(OC)cc2)n(-c2cccc(NC(=O)c3cccc(F)c3)c2)n1. The molecule has 0 fully saturated rings. The molecule has 4 aromatic rings. The number of anilines is 1. The van der Waals surface area contributed by atoms with E-state index in [0.29, 0.717) is 36.2 Å². The molecule has 0 atom stereocenters. The highest BCUT2D eigenvalue weighted by atomic mass is 19.1. The molecule has 9 heteroatoms. The zero-order chi connectivity index (χ0) is 23.9. The molecule has 1 heterocycles. The summed E-state index contributed by atoms with van der Waals surface area (Å²) in [6.45, 7) is 0.695. The summed E-state index contributed by atoms with van der Waals surface area (Å²) in [4.78, 5) is 17.1. The molecule has 0 bridgehead atoms. The molecule has 0 spiro atoms. The van der Waals surface area contributed by atoms with E-state index >= 15 is 0 Å². The van der Waals surface area contributed by atoms with E-state index in [1.165, 1.54) is 18.2 Å². The summed E-state index contributed by atoms with van der Waals surface area (Å²) in [6, 6.07) is 20.2. The van der Waals surface area contributed by atoms with E-state index in [1.807, 2.05) is 30.3 Å². The maximum atomic E-state index is 13.5. The van der Waals surface area contributed by atoms with Crippen molar-refractivity contribution in [1.29, 1.82) is 0 Å². The van der Waals surface area contributed by atoms with E-state index in [0.717, 1.165) is 5.56 Å². The predicted molar refractivity (Wildman–Crippen MR) is 125 cm³/mol. The van der Waals surface area contributed by atoms with Gasteiger partial charge in [-0.15, -0.1) is 5.10 Å². The van der Waals surface area contributed by atoms with Gasteiger partial charge in [-0.1, -0.05) is 12.1 Å². The van der Waals surface area contributed by atoms with Gasteiger partial charge in [0.15, 0.2) is 5.82 Å². The van der Waals surface area contributed by atoms with Gasteiger partial charge in [-0.05, 0) is 60.7 Å². The Kier molecular flexibility index (Phi) is 7.14. The number of nitrogens with one attached hydrogen (secondary N) is 1. The van der Waals surface area contributed by atoms with Crippen LogP contribution >= 0.6 is 0 Å². The molecule has 1 amide bonds. The third-order valence-corrected chi connectivity index (χ3v) is 4.89. The molecule has 174 valence electrons. The number of hydrogen-bond donors (Lipinski definition) is 1. The molecule has 0 aliphatic heterocycles. The number of methoxy groups -OCH3 is 2. The first-order valence-corrected chi connectivity index (χ1v) is 10.5. The van der Waals surface area contributed by atoms with Gasteiger partial charge in [0.2, 0.25) is 0 Å². The smallest absolute Gasteiger partial charge is 0.336 e. The maximum absolute atomic E-state index is 13.5. The van der Waals surface area contributed by atoms with Crippen LogP contribution in [0.4, 0.5) is 10.1 Å². The quantitative estimate of drug-likeness (QED) is 0.372. The van der Waals surface area contributed by atoms with E-state index in [-0.39, 0.29) is 11.6 Å². The number of carbonyl (C=O) groups excluding carboxylic acids is 1. The summed E-state index contributed by atoms with van der Waals surface area (Å²) < 4.78 is 31.0. The molecule has 1 aromatic heterocycles. The minimum absolute atomic E-state index is 0.192. The Morgan fingerprint density at radius 3 is 2.53 bits per heavy atom. The molecule has 0 saturated heterocycles. The molecule has 0 saturated carbocycles. The molecule has 8 nitrogen and oxygen atoms in total. The average Bonchev–Trinajstić information content (AvgIpc) is 3.29. The number of benzene rings is 3. The lowest BCUT2D eigenvalue weighted by Crippen LogP contribution is -2.12. The zero-order valence-electron chi connectivity index (χ0n) is 18.7. The first-order valence-electron chi connectivity index (χ1n) is 10.5. The number of rotatable bonds is 9. The van der Waals surface area contributed by atoms with Gasteiger partial charge in [-0.2, -0.15) is 4.98 Å². The Hall–Kier alpha value is -4.24. The van der Waals surface area contributed by atoms with Crippen molar-refractivity contribution in [2.75, 3.05) is 32.8 Å². The molecule has 1 N–H and O–H groups in total. The average molecular weight is 462 g/mol. The fraction of sp³-hybridized carbons (Fsp3) is 0.160. The standard InChI is InChI=1S/C25H23FN4O4/c1-32-13-14-34-25-28-23(17-9-11-22(33-2)12-10-17)30(29-25)21-8-4-7-20(16-21)27-24(31)18-5-3-6-19(26)15-18/h3-12,15-16H,13-14H2,1-2H3,(H,27,31). The van der Waals surface area contributed by atoms with Crippen LogP contribution in [-0.4, -0.2) is 48.1 Å². The van der Waals surface area contributed by atoms with Gasteiger partial charge in [0, 0.05) is 23.9 Å². The third-order valence-electron chi connectivity index (χ3n) is 4.89. The highest BCUT2D eigenvalue weighted by molar-refractivity contribution is 6.04. The lowest BCUT2D eigenvalue weighted by Gasteiger charge is -2.10. The van der Waals surface area contributed by atoms with Gasteiger partial charge in [0.25, 0.3) is 5.91 Å². The second-order valence-corrected chi connectivity index (χ2v) is 7.21. The highest BCUT2D eigenvalue weighted by Crippen LogP contribution is 2.26. The molecule has 0 aliphatic carbocycles. The van der Waals surface area contributed by atoms with Crippen LogP contribution in [0.1, 0.15) is 10.4 Å². The van der Waals surface area contributed by atoms with E-state index in [4.69, 9.17) is 14.2 Å². The lowest BCUT2D eigenvalue weighted by atomic mass is 10.2. The number of ether oxygens (including phenoxy) is 3. The Bertz CT molecular complexity index is 1270. The van der Waals surface area contributed by atoms with Crippen molar-refractivity contribution in [2.45, 2.75) is 0 Å². The predicted octanol–water partition coefficient (Wildman–Crippen LogP) is 4.36. The number of carbonyl (C=O) groups is 1. The fourth-order valence-corrected chi connectivity index (χ4v) is 3.23. The van der Waals surface area contributed by atoms with E-state index in [1.54, 1.807) is 43.2 Å². The molecular formula is C25H23FN4O4. The summed E-state index contributed by atoms with van der Waals surface area (Å²) >= 11 is 0. The van der Waals surface area contributed by atoms with E-state index in [9.17, 15) is 9.18 Å². The van der Waals surface area contributed by atoms with Crippen LogP contribution in [0.25, 0.3) is 17.1 Å². The molecule has 4 rings (SSSR count). The van der Waals surface area contributed by atoms with Gasteiger partial charge in [-0.25, -0.2) is 9.07 Å². The van der Waals surface area contributed by atoms with Crippen molar-refractivity contribution >= 4 is 11.6 Å². The van der Waals surface area contributed by atoms with Crippen LogP contribution in [0.3, 0.4) is 0 Å². The van der Waals surface area contributed by atoms with Crippen LogP contribution in [0.15, 0.2) is 72.8 Å². The first-order chi connectivity index (χ1) is 16.6. The molecular weight excluding hydrogens is 439 g/mol. The molecule has 0 radical (unpaired) electrons. The maximum Gasteiger partial charge on any atom is 0.336 e. The molecule has 0 unspecified atom stereocenters. The van der Waals surface area contributed by atoms with E-state index < -0.39 is 11.7 Å². The van der Waals surface area contributed by atoms with Gasteiger partial charge >= 0.3 is 6.01 Å². The van der Waals surface area contributed by atoms with Crippen molar-refractivity contribution in [3.8, 4) is 28.8 Å². The minimum Gasteiger partial charge on any atom is -0.497 e. The zero-order valence-corrected chi connectivity index (χ0v) is 18.7. The highest BCUT2D eigenvalue weighted by Gasteiger charge is 2.16. The van der Waals surface area contributed by atoms with Crippen molar-refractivity contribution < 1.29 is 23.4 Å². The minimum atomic E-state index is -0.478. The van der Waals surface area contributed by atoms with Crippen LogP contribution in [0, 0.1) is 5.82 Å². The molecule has 3 aromatic carbocycles. The topological polar surface area (TPSA) is 87.5 Å². The Morgan fingerprint density at radius 1 is 1.00 bits per heavy atom. The van der Waals surface area contributed by atoms with E-state index in [2.05, 4.69) is 15.4 Å². The van der Waals surface area contributed by atoms with Crippen LogP contribution in [0.2, 0.25) is 0 Å². The monoisotopic (exact) mass is 462 g/mol. The van der Waals surface area contributed by atoms with Crippen LogP contribution in [-0.2, 0) is 4.74 Å². The number of nitrogens with zero attached hydrogens (tertiary/aromatic N) is 3. The summed E-state index contributed by atoms with van der Waals surface area (Å²) in [5, 5.41) is 7.28. The second-order valence-electron chi connectivity index (χ2n) is 7.21. The van der Waals surface area contributed by atoms with Gasteiger partial charge in [-0.3, -0.25) is 4.79 Å². The van der Waals surface area contributed by atoms with Crippen molar-refractivity contribution in [3.05, 3.63) is 84.2 Å². The number of hydrogen-bond acceptors (Lipinski definition) is 6. The van der Waals surface area contributed by atoms with Gasteiger partial charge in [0.05, 0.1) is 19.4 Å². The normalized spacial score (nSPS) is 10.7. The number of halogens is 1. The van der Waals surface area contributed by atoms with Crippen molar-refractivity contribution in [1.82, 2.24) is 14.8 Å². The van der Waals surface area contributed by atoms with Crippen molar-refractivity contribution in [3.63, 3.8) is 0 Å². The summed E-state index contributed by atoms with van der Waals surface area (Å²) in [7, 11) is 3.19. The fourth-order valence-electron chi connectivity index (χ4n) is 3.23. The first kappa shape index (κ1) is 22.9. The second kappa shape index (κ2) is 10.6. The molecule has 0 aliphatic rings. The largest absolute Gasteiger partial charge is 0.497 e. The Balaban J connectivity index is 1.66. The van der Waals surface area contributed by atoms with Crippen LogP contribution in [0.5, 0.6) is 11.8 Å². The van der Waals surface area contributed by atoms with Crippen LogP contribution < -0.4 is 14.8 Å². The van der Waals surface area contributed by atoms with Crippen molar-refractivity contribution in [2.24, 2.45) is 0 Å². The number of amides is 1. The third kappa shape index (κ3) is 5.38. The Labute approximate surface area is 195 Å². The summed E-state index contributed by atoms with van der Waals surface area (Å²) in [6.07, 6.45) is 0. The Morgan fingerprint density at radius 2 is 1.79 bits per heavy atom. The summed E-state index contributed by atoms with van der Waals surface area (Å²) in [5.41, 5.74) is 2.18.